The van der Waals surface area contributed by atoms with Crippen LogP contribution in [0.15, 0.2) is 36.4 Å². The number of hydrogen-bond donors (Lipinski definition) is 0. The zero-order valence-corrected chi connectivity index (χ0v) is 18.4. The van der Waals surface area contributed by atoms with Crippen LogP contribution >= 0.6 is 11.3 Å². The Bertz CT molecular complexity index is 1070. The first-order valence-corrected chi connectivity index (χ1v) is 11.0. The molecule has 1 aliphatic rings. The van der Waals surface area contributed by atoms with Gasteiger partial charge < -0.3 is 4.74 Å². The molecular formula is C22H24N4O4S. The van der Waals surface area contributed by atoms with Crippen LogP contribution in [-0.4, -0.2) is 60.1 Å². The van der Waals surface area contributed by atoms with Crippen LogP contribution in [0.1, 0.15) is 21.5 Å². The zero-order chi connectivity index (χ0) is 22.0. The maximum Gasteiger partial charge on any atom is 0.269 e. The topological polar surface area (TPSA) is 88.8 Å². The molecule has 0 unspecified atom stereocenters. The highest BCUT2D eigenvalue weighted by molar-refractivity contribution is 7.22. The van der Waals surface area contributed by atoms with Crippen molar-refractivity contribution in [3.05, 3.63) is 63.2 Å². The second kappa shape index (κ2) is 9.09. The maximum atomic E-state index is 13.4. The predicted molar refractivity (Wildman–Crippen MR) is 121 cm³/mol. The molecule has 0 radical (unpaired) electrons. The number of benzene rings is 2. The lowest BCUT2D eigenvalue weighted by Crippen LogP contribution is -2.43. The fourth-order valence-corrected chi connectivity index (χ4v) is 4.73. The second-order valence-electron chi connectivity index (χ2n) is 7.59. The Morgan fingerprint density at radius 1 is 1.16 bits per heavy atom. The molecule has 4 rings (SSSR count). The minimum atomic E-state index is -0.469. The van der Waals surface area contributed by atoms with Gasteiger partial charge in [-0.15, -0.1) is 0 Å². The van der Waals surface area contributed by atoms with Crippen molar-refractivity contribution in [2.75, 3.05) is 44.3 Å². The molecule has 31 heavy (non-hydrogen) atoms. The molecule has 0 saturated carbocycles. The number of ether oxygens (including phenoxy) is 1. The molecule has 9 heteroatoms. The van der Waals surface area contributed by atoms with Gasteiger partial charge in [-0.1, -0.05) is 23.5 Å². The number of aryl methyl sites for hydroxylation is 2. The highest BCUT2D eigenvalue weighted by Gasteiger charge is 2.24. The summed E-state index contributed by atoms with van der Waals surface area (Å²) in [6.45, 7) is 8.28. The van der Waals surface area contributed by atoms with Crippen LogP contribution in [0, 0.1) is 24.0 Å². The van der Waals surface area contributed by atoms with Crippen LogP contribution in [-0.2, 0) is 4.74 Å². The summed E-state index contributed by atoms with van der Waals surface area (Å²) in [4.78, 5) is 32.7. The summed E-state index contributed by atoms with van der Waals surface area (Å²) in [6.07, 6.45) is 0. The second-order valence-corrected chi connectivity index (χ2v) is 8.57. The van der Waals surface area contributed by atoms with E-state index in [-0.39, 0.29) is 11.6 Å². The number of carbonyl (C=O) groups excluding carboxylic acids is 1. The van der Waals surface area contributed by atoms with Crippen LogP contribution in [0.5, 0.6) is 0 Å². The first-order chi connectivity index (χ1) is 14.9. The van der Waals surface area contributed by atoms with E-state index in [0.717, 1.165) is 34.4 Å². The number of anilines is 1. The van der Waals surface area contributed by atoms with Crippen molar-refractivity contribution in [2.45, 2.75) is 13.8 Å². The SMILES string of the molecule is Cc1ccc(C)c2sc(N(CCN3CCOCC3)C(=O)c3ccc([N+](=O)[O-])cc3)nc12. The zero-order valence-electron chi connectivity index (χ0n) is 17.5. The molecule has 162 valence electrons. The molecule has 8 nitrogen and oxygen atoms in total. The number of amides is 1. The van der Waals surface area contributed by atoms with Gasteiger partial charge in [0.1, 0.15) is 0 Å². The largest absolute Gasteiger partial charge is 0.379 e. The number of aromatic nitrogens is 1. The van der Waals surface area contributed by atoms with Crippen molar-refractivity contribution >= 4 is 38.3 Å². The van der Waals surface area contributed by atoms with E-state index in [1.807, 2.05) is 19.9 Å². The molecule has 0 N–H and O–H groups in total. The highest BCUT2D eigenvalue weighted by Crippen LogP contribution is 2.33. The Hall–Kier alpha value is -2.88. The third kappa shape index (κ3) is 4.58. The Balaban J connectivity index is 1.66. The molecule has 0 spiro atoms. The lowest BCUT2D eigenvalue weighted by atomic mass is 10.1. The number of fused-ring (bicyclic) bond motifs is 1. The minimum Gasteiger partial charge on any atom is -0.379 e. The monoisotopic (exact) mass is 440 g/mol. The first kappa shape index (κ1) is 21.4. The number of non-ortho nitro benzene ring substituents is 1. The Morgan fingerprint density at radius 2 is 1.84 bits per heavy atom. The van der Waals surface area contributed by atoms with Crippen LogP contribution in [0.3, 0.4) is 0 Å². The quantitative estimate of drug-likeness (QED) is 0.428. The summed E-state index contributed by atoms with van der Waals surface area (Å²) in [5, 5.41) is 11.6. The average molecular weight is 441 g/mol. The fourth-order valence-electron chi connectivity index (χ4n) is 3.60. The molecule has 3 aromatic rings. The lowest BCUT2D eigenvalue weighted by Gasteiger charge is -2.29. The molecule has 1 amide bonds. The third-order valence-corrected chi connectivity index (χ3v) is 6.69. The Kier molecular flexibility index (Phi) is 6.26. The summed E-state index contributed by atoms with van der Waals surface area (Å²) < 4.78 is 6.49. The van der Waals surface area contributed by atoms with Crippen molar-refractivity contribution < 1.29 is 14.5 Å². The Labute approximate surface area is 184 Å². The van der Waals surface area contributed by atoms with Gasteiger partial charge in [0.25, 0.3) is 11.6 Å². The standard InChI is InChI=1S/C22H24N4O4S/c1-15-3-4-16(2)20-19(15)23-22(31-20)25(10-9-24-11-13-30-14-12-24)21(27)17-5-7-18(8-6-17)26(28)29/h3-8H,9-14H2,1-2H3. The lowest BCUT2D eigenvalue weighted by molar-refractivity contribution is -0.384. The number of morpholine rings is 1. The van der Waals surface area contributed by atoms with E-state index in [9.17, 15) is 14.9 Å². The normalized spacial score (nSPS) is 14.6. The summed E-state index contributed by atoms with van der Waals surface area (Å²) in [7, 11) is 0. The van der Waals surface area contributed by atoms with E-state index in [0.29, 0.717) is 37.0 Å². The summed E-state index contributed by atoms with van der Waals surface area (Å²) >= 11 is 1.51. The number of nitro groups is 1. The van der Waals surface area contributed by atoms with Crippen molar-refractivity contribution in [1.82, 2.24) is 9.88 Å². The number of carbonyl (C=O) groups is 1. The van der Waals surface area contributed by atoms with E-state index in [1.165, 1.54) is 35.6 Å². The number of hydrogen-bond acceptors (Lipinski definition) is 7. The molecular weight excluding hydrogens is 416 g/mol. The van der Waals surface area contributed by atoms with E-state index < -0.39 is 4.92 Å². The van der Waals surface area contributed by atoms with Crippen molar-refractivity contribution in [3.8, 4) is 0 Å². The summed E-state index contributed by atoms with van der Waals surface area (Å²) in [5.74, 6) is -0.211. The fraction of sp³-hybridized carbons (Fsp3) is 0.364. The average Bonchev–Trinajstić information content (AvgIpc) is 3.24. The molecule has 1 saturated heterocycles. The number of nitro benzene ring substituents is 1. The molecule has 0 bridgehead atoms. The van der Waals surface area contributed by atoms with Gasteiger partial charge in [-0.25, -0.2) is 4.98 Å². The summed E-state index contributed by atoms with van der Waals surface area (Å²) in [5.41, 5.74) is 3.47. The van der Waals surface area contributed by atoms with Gasteiger partial charge in [-0.2, -0.15) is 0 Å². The van der Waals surface area contributed by atoms with Gasteiger partial charge in [0, 0.05) is 43.9 Å². The van der Waals surface area contributed by atoms with Gasteiger partial charge in [-0.05, 0) is 37.1 Å². The van der Waals surface area contributed by atoms with E-state index in [4.69, 9.17) is 9.72 Å². The molecule has 2 aromatic carbocycles. The van der Waals surface area contributed by atoms with Gasteiger partial charge in [0.2, 0.25) is 0 Å². The van der Waals surface area contributed by atoms with Gasteiger partial charge in [0.05, 0.1) is 28.4 Å². The van der Waals surface area contributed by atoms with E-state index >= 15 is 0 Å². The predicted octanol–water partition coefficient (Wildman–Crippen LogP) is 3.80. The maximum absolute atomic E-state index is 13.4. The van der Waals surface area contributed by atoms with Crippen LogP contribution in [0.4, 0.5) is 10.8 Å². The van der Waals surface area contributed by atoms with E-state index in [2.05, 4.69) is 11.0 Å². The van der Waals surface area contributed by atoms with Crippen molar-refractivity contribution in [2.24, 2.45) is 0 Å². The van der Waals surface area contributed by atoms with E-state index in [1.54, 1.807) is 4.90 Å². The molecule has 1 aromatic heterocycles. The van der Waals surface area contributed by atoms with Gasteiger partial charge in [-0.3, -0.25) is 24.7 Å². The molecule has 0 aliphatic carbocycles. The van der Waals surface area contributed by atoms with Crippen LogP contribution in [0.2, 0.25) is 0 Å². The minimum absolute atomic E-state index is 0.0392. The third-order valence-electron chi connectivity index (χ3n) is 5.48. The number of nitrogens with zero attached hydrogens (tertiary/aromatic N) is 4. The highest BCUT2D eigenvalue weighted by atomic mass is 32.1. The van der Waals surface area contributed by atoms with Crippen molar-refractivity contribution in [1.29, 1.82) is 0 Å². The molecule has 0 atom stereocenters. The molecule has 2 heterocycles. The molecule has 1 fully saturated rings. The molecule has 1 aliphatic heterocycles. The van der Waals surface area contributed by atoms with Crippen LogP contribution < -0.4 is 4.90 Å². The number of rotatable bonds is 6. The van der Waals surface area contributed by atoms with Gasteiger partial charge >= 0.3 is 0 Å². The summed E-state index contributed by atoms with van der Waals surface area (Å²) in [6, 6.07) is 9.84. The van der Waals surface area contributed by atoms with Crippen LogP contribution in [0.25, 0.3) is 10.2 Å². The Morgan fingerprint density at radius 3 is 2.48 bits per heavy atom. The van der Waals surface area contributed by atoms with Crippen molar-refractivity contribution in [3.63, 3.8) is 0 Å². The smallest absolute Gasteiger partial charge is 0.269 e. The first-order valence-electron chi connectivity index (χ1n) is 10.2. The number of thiazole rings is 1. The van der Waals surface area contributed by atoms with Gasteiger partial charge in [0.15, 0.2) is 5.13 Å².